The van der Waals surface area contributed by atoms with Crippen LogP contribution in [-0.2, 0) is 6.42 Å². The van der Waals surface area contributed by atoms with E-state index in [2.05, 4.69) is 74.7 Å². The van der Waals surface area contributed by atoms with Crippen LogP contribution in [0.3, 0.4) is 0 Å². The maximum atomic E-state index is 3.46. The Morgan fingerprint density at radius 2 is 1.75 bits per heavy atom. The molecule has 0 saturated carbocycles. The SMILES string of the molecule is CNC(CCCc1ccccc1)c1ccc(C)cc1C. The number of rotatable bonds is 6. The molecule has 0 fully saturated rings. The predicted molar refractivity (Wildman–Crippen MR) is 87.1 cm³/mol. The zero-order valence-electron chi connectivity index (χ0n) is 12.8. The molecule has 0 aliphatic heterocycles. The molecule has 0 heterocycles. The van der Waals surface area contributed by atoms with E-state index in [4.69, 9.17) is 0 Å². The highest BCUT2D eigenvalue weighted by Gasteiger charge is 2.11. The lowest BCUT2D eigenvalue weighted by Gasteiger charge is -2.19. The molecule has 1 nitrogen and oxygen atoms in total. The molecule has 2 aromatic carbocycles. The first-order chi connectivity index (χ1) is 9.70. The van der Waals surface area contributed by atoms with E-state index in [0.29, 0.717) is 6.04 Å². The minimum atomic E-state index is 0.458. The van der Waals surface area contributed by atoms with E-state index in [9.17, 15) is 0 Å². The lowest BCUT2D eigenvalue weighted by Crippen LogP contribution is -2.17. The van der Waals surface area contributed by atoms with Gasteiger partial charge in [0.05, 0.1) is 0 Å². The van der Waals surface area contributed by atoms with Crippen LogP contribution >= 0.6 is 0 Å². The molecule has 1 unspecified atom stereocenters. The van der Waals surface area contributed by atoms with Crippen LogP contribution in [0.4, 0.5) is 0 Å². The molecule has 0 radical (unpaired) electrons. The Morgan fingerprint density at radius 3 is 2.40 bits per heavy atom. The standard InChI is InChI=1S/C19H25N/c1-15-12-13-18(16(2)14-15)19(20-3)11-7-10-17-8-5-4-6-9-17/h4-6,8-9,12-14,19-20H,7,10-11H2,1-3H3. The summed E-state index contributed by atoms with van der Waals surface area (Å²) < 4.78 is 0. The maximum absolute atomic E-state index is 3.46. The lowest BCUT2D eigenvalue weighted by atomic mass is 9.95. The molecule has 0 saturated heterocycles. The van der Waals surface area contributed by atoms with Crippen molar-refractivity contribution in [2.45, 2.75) is 39.2 Å². The molecule has 0 aliphatic rings. The van der Waals surface area contributed by atoms with E-state index in [1.807, 2.05) is 0 Å². The van der Waals surface area contributed by atoms with E-state index in [-0.39, 0.29) is 0 Å². The van der Waals surface area contributed by atoms with Gasteiger partial charge < -0.3 is 5.32 Å². The van der Waals surface area contributed by atoms with Gasteiger partial charge in [-0.3, -0.25) is 0 Å². The average Bonchev–Trinajstić information content (AvgIpc) is 2.46. The monoisotopic (exact) mass is 267 g/mol. The van der Waals surface area contributed by atoms with Crippen molar-refractivity contribution < 1.29 is 0 Å². The van der Waals surface area contributed by atoms with Crippen LogP contribution in [0.25, 0.3) is 0 Å². The van der Waals surface area contributed by atoms with Crippen molar-refractivity contribution in [3.05, 3.63) is 70.8 Å². The molecule has 1 heteroatoms. The van der Waals surface area contributed by atoms with Gasteiger partial charge in [0, 0.05) is 6.04 Å². The van der Waals surface area contributed by atoms with Gasteiger partial charge in [0.1, 0.15) is 0 Å². The van der Waals surface area contributed by atoms with Gasteiger partial charge in [0.15, 0.2) is 0 Å². The summed E-state index contributed by atoms with van der Waals surface area (Å²) in [7, 11) is 2.06. The number of aryl methyl sites for hydroxylation is 3. The molecular formula is C19H25N. The summed E-state index contributed by atoms with van der Waals surface area (Å²) in [5, 5.41) is 3.46. The fourth-order valence-corrected chi connectivity index (χ4v) is 2.83. The molecule has 0 spiro atoms. The topological polar surface area (TPSA) is 12.0 Å². The molecular weight excluding hydrogens is 242 g/mol. The molecule has 0 bridgehead atoms. The Morgan fingerprint density at radius 1 is 1.00 bits per heavy atom. The van der Waals surface area contributed by atoms with E-state index < -0.39 is 0 Å². The molecule has 0 aromatic heterocycles. The van der Waals surface area contributed by atoms with Crippen molar-refractivity contribution in [2.75, 3.05) is 7.05 Å². The van der Waals surface area contributed by atoms with E-state index >= 15 is 0 Å². The van der Waals surface area contributed by atoms with Gasteiger partial charge in [-0.2, -0.15) is 0 Å². The van der Waals surface area contributed by atoms with E-state index in [0.717, 1.165) is 6.42 Å². The van der Waals surface area contributed by atoms with Gasteiger partial charge in [-0.1, -0.05) is 54.1 Å². The summed E-state index contributed by atoms with van der Waals surface area (Å²) in [5.41, 5.74) is 5.60. The fourth-order valence-electron chi connectivity index (χ4n) is 2.83. The summed E-state index contributed by atoms with van der Waals surface area (Å²) in [5.74, 6) is 0. The van der Waals surface area contributed by atoms with Crippen molar-refractivity contribution >= 4 is 0 Å². The van der Waals surface area contributed by atoms with E-state index in [1.54, 1.807) is 0 Å². The van der Waals surface area contributed by atoms with Crippen molar-refractivity contribution in [3.63, 3.8) is 0 Å². The van der Waals surface area contributed by atoms with Gasteiger partial charge >= 0.3 is 0 Å². The Kier molecular flexibility index (Phi) is 5.37. The largest absolute Gasteiger partial charge is 0.313 e. The van der Waals surface area contributed by atoms with Gasteiger partial charge in [0.2, 0.25) is 0 Å². The lowest BCUT2D eigenvalue weighted by molar-refractivity contribution is 0.525. The summed E-state index contributed by atoms with van der Waals surface area (Å²) in [6.45, 7) is 4.37. The molecule has 0 aliphatic carbocycles. The van der Waals surface area contributed by atoms with Crippen LogP contribution < -0.4 is 5.32 Å². The zero-order valence-corrected chi connectivity index (χ0v) is 12.8. The molecule has 2 aromatic rings. The molecule has 20 heavy (non-hydrogen) atoms. The first-order valence-electron chi connectivity index (χ1n) is 7.49. The van der Waals surface area contributed by atoms with Crippen molar-refractivity contribution in [2.24, 2.45) is 0 Å². The quantitative estimate of drug-likeness (QED) is 0.807. The summed E-state index contributed by atoms with van der Waals surface area (Å²) in [6.07, 6.45) is 3.54. The summed E-state index contributed by atoms with van der Waals surface area (Å²) in [6, 6.07) is 18.0. The van der Waals surface area contributed by atoms with Crippen LogP contribution in [0.5, 0.6) is 0 Å². The molecule has 1 atom stereocenters. The highest BCUT2D eigenvalue weighted by atomic mass is 14.9. The van der Waals surface area contributed by atoms with Gasteiger partial charge in [-0.15, -0.1) is 0 Å². The first kappa shape index (κ1) is 14.8. The summed E-state index contributed by atoms with van der Waals surface area (Å²) >= 11 is 0. The smallest absolute Gasteiger partial charge is 0.0320 e. The van der Waals surface area contributed by atoms with Crippen LogP contribution in [0.15, 0.2) is 48.5 Å². The molecule has 1 N–H and O–H groups in total. The second-order valence-corrected chi connectivity index (χ2v) is 5.58. The van der Waals surface area contributed by atoms with E-state index in [1.165, 1.54) is 35.1 Å². The van der Waals surface area contributed by atoms with Crippen LogP contribution in [0, 0.1) is 13.8 Å². The number of hydrogen-bond acceptors (Lipinski definition) is 1. The zero-order chi connectivity index (χ0) is 14.4. The van der Waals surface area contributed by atoms with Crippen LogP contribution in [0.2, 0.25) is 0 Å². The Bertz CT molecular complexity index is 531. The number of benzene rings is 2. The van der Waals surface area contributed by atoms with Crippen LogP contribution in [-0.4, -0.2) is 7.05 Å². The number of nitrogens with one attached hydrogen (secondary N) is 1. The van der Waals surface area contributed by atoms with Crippen molar-refractivity contribution in [1.82, 2.24) is 5.32 Å². The minimum absolute atomic E-state index is 0.458. The summed E-state index contributed by atoms with van der Waals surface area (Å²) in [4.78, 5) is 0. The average molecular weight is 267 g/mol. The Balaban J connectivity index is 1.95. The normalized spacial score (nSPS) is 12.3. The van der Waals surface area contributed by atoms with Crippen molar-refractivity contribution in [3.8, 4) is 0 Å². The minimum Gasteiger partial charge on any atom is -0.313 e. The first-order valence-corrected chi connectivity index (χ1v) is 7.49. The third-order valence-corrected chi connectivity index (χ3v) is 3.95. The maximum Gasteiger partial charge on any atom is 0.0320 e. The Hall–Kier alpha value is -1.60. The predicted octanol–water partition coefficient (Wildman–Crippen LogP) is 4.59. The van der Waals surface area contributed by atoms with Crippen LogP contribution in [0.1, 0.15) is 41.1 Å². The van der Waals surface area contributed by atoms with Gasteiger partial charge in [-0.25, -0.2) is 0 Å². The Labute approximate surface area is 123 Å². The highest BCUT2D eigenvalue weighted by Crippen LogP contribution is 2.23. The number of hydrogen-bond donors (Lipinski definition) is 1. The fraction of sp³-hybridized carbons (Fsp3) is 0.368. The van der Waals surface area contributed by atoms with Gasteiger partial charge in [0.25, 0.3) is 0 Å². The molecule has 2 rings (SSSR count). The third kappa shape index (κ3) is 3.94. The second-order valence-electron chi connectivity index (χ2n) is 5.58. The molecule has 106 valence electrons. The second kappa shape index (κ2) is 7.25. The van der Waals surface area contributed by atoms with Crippen molar-refractivity contribution in [1.29, 1.82) is 0 Å². The van der Waals surface area contributed by atoms with Gasteiger partial charge in [-0.05, 0) is 56.8 Å². The molecule has 0 amide bonds. The third-order valence-electron chi connectivity index (χ3n) is 3.95. The highest BCUT2D eigenvalue weighted by molar-refractivity contribution is 5.32.